The highest BCUT2D eigenvalue weighted by Gasteiger charge is 2.34. The fraction of sp³-hybridized carbons (Fsp3) is 0.571. The maximum atomic E-state index is 13.7. The van der Waals surface area contributed by atoms with E-state index in [4.69, 9.17) is 4.74 Å². The molecule has 118 valence electrons. The molecular formula is C14H20FNO4S. The second-order valence-corrected chi connectivity index (χ2v) is 7.23. The molecule has 0 radical (unpaired) electrons. The topological polar surface area (TPSA) is 66.8 Å². The van der Waals surface area contributed by atoms with Crippen molar-refractivity contribution in [2.24, 2.45) is 0 Å². The van der Waals surface area contributed by atoms with E-state index in [1.807, 2.05) is 0 Å². The third kappa shape index (κ3) is 3.20. The van der Waals surface area contributed by atoms with E-state index in [9.17, 15) is 17.9 Å². The minimum absolute atomic E-state index is 0.00527. The molecule has 0 heterocycles. The molecule has 1 fully saturated rings. The average molecular weight is 317 g/mol. The van der Waals surface area contributed by atoms with Gasteiger partial charge in [-0.2, -0.15) is 4.31 Å². The summed E-state index contributed by atoms with van der Waals surface area (Å²) in [6, 6.07) is 3.07. The van der Waals surface area contributed by atoms with E-state index in [0.29, 0.717) is 12.8 Å². The Labute approximate surface area is 124 Å². The third-order valence-electron chi connectivity index (χ3n) is 3.96. The first-order chi connectivity index (χ1) is 9.87. The standard InChI is InChI=1S/C14H20FNO4S/c1-16(12-5-3-4-6-13(12)17)21(18,19)10-7-8-14(20-2)11(15)9-10/h7-9,12-13,17H,3-6H2,1-2H3/t12-,13-/m0/s1. The Hall–Kier alpha value is -1.18. The lowest BCUT2D eigenvalue weighted by molar-refractivity contribution is 0.0638. The number of sulfonamides is 1. The monoisotopic (exact) mass is 317 g/mol. The van der Waals surface area contributed by atoms with Gasteiger partial charge in [0, 0.05) is 7.05 Å². The van der Waals surface area contributed by atoms with E-state index < -0.39 is 28.0 Å². The molecule has 2 rings (SSSR count). The van der Waals surface area contributed by atoms with Gasteiger partial charge in [0.05, 0.1) is 24.2 Å². The molecule has 0 aromatic heterocycles. The fourth-order valence-electron chi connectivity index (χ4n) is 2.67. The highest BCUT2D eigenvalue weighted by molar-refractivity contribution is 7.89. The maximum absolute atomic E-state index is 13.7. The third-order valence-corrected chi connectivity index (χ3v) is 5.84. The van der Waals surface area contributed by atoms with Crippen molar-refractivity contribution in [2.45, 2.75) is 42.7 Å². The number of hydrogen-bond donors (Lipinski definition) is 1. The highest BCUT2D eigenvalue weighted by Crippen LogP contribution is 2.28. The SMILES string of the molecule is COc1ccc(S(=O)(=O)N(C)[C@H]2CCCC[C@@H]2O)cc1F. The summed E-state index contributed by atoms with van der Waals surface area (Å²) in [6.07, 6.45) is 2.28. The Morgan fingerprint density at radius 2 is 2.00 bits per heavy atom. The molecule has 0 aliphatic heterocycles. The molecule has 1 aromatic rings. The molecule has 5 nitrogen and oxygen atoms in total. The van der Waals surface area contributed by atoms with Crippen molar-refractivity contribution >= 4 is 10.0 Å². The Morgan fingerprint density at radius 1 is 1.33 bits per heavy atom. The average Bonchev–Trinajstić information content (AvgIpc) is 2.47. The Morgan fingerprint density at radius 3 is 2.57 bits per heavy atom. The van der Waals surface area contributed by atoms with Crippen LogP contribution in [-0.4, -0.2) is 44.1 Å². The van der Waals surface area contributed by atoms with Crippen LogP contribution in [0.5, 0.6) is 5.75 Å². The van der Waals surface area contributed by atoms with Gasteiger partial charge in [-0.25, -0.2) is 12.8 Å². The van der Waals surface area contributed by atoms with Crippen LogP contribution < -0.4 is 4.74 Å². The molecule has 0 saturated heterocycles. The predicted octanol–water partition coefficient (Wildman–Crippen LogP) is 1.76. The zero-order valence-corrected chi connectivity index (χ0v) is 12.9. The zero-order chi connectivity index (χ0) is 15.6. The molecule has 1 aliphatic carbocycles. The molecule has 2 atom stereocenters. The zero-order valence-electron chi connectivity index (χ0n) is 12.1. The number of likely N-dealkylation sites (N-methyl/N-ethyl adjacent to an activating group) is 1. The summed E-state index contributed by atoms with van der Waals surface area (Å²) >= 11 is 0. The lowest BCUT2D eigenvalue weighted by Crippen LogP contribution is -2.46. The summed E-state index contributed by atoms with van der Waals surface area (Å²) in [5, 5.41) is 9.99. The number of rotatable bonds is 4. The normalized spacial score (nSPS) is 23.3. The number of aliphatic hydroxyl groups excluding tert-OH is 1. The van der Waals surface area contributed by atoms with Crippen molar-refractivity contribution in [3.8, 4) is 5.75 Å². The van der Waals surface area contributed by atoms with E-state index in [-0.39, 0.29) is 10.6 Å². The Bertz CT molecular complexity index is 605. The summed E-state index contributed by atoms with van der Waals surface area (Å²) in [4.78, 5) is -0.138. The molecule has 0 unspecified atom stereocenters. The summed E-state index contributed by atoms with van der Waals surface area (Å²) in [5.74, 6) is -0.731. The van der Waals surface area contributed by atoms with Crippen molar-refractivity contribution < 1.29 is 22.7 Å². The van der Waals surface area contributed by atoms with Gasteiger partial charge < -0.3 is 9.84 Å². The number of hydrogen-bond acceptors (Lipinski definition) is 4. The summed E-state index contributed by atoms with van der Waals surface area (Å²) < 4.78 is 44.7. The van der Waals surface area contributed by atoms with Crippen molar-refractivity contribution in [3.05, 3.63) is 24.0 Å². The van der Waals surface area contributed by atoms with Crippen LogP contribution in [0.2, 0.25) is 0 Å². The number of methoxy groups -OCH3 is 1. The smallest absolute Gasteiger partial charge is 0.243 e. The van der Waals surface area contributed by atoms with Gasteiger partial charge in [-0.05, 0) is 31.0 Å². The first-order valence-corrected chi connectivity index (χ1v) is 8.31. The van der Waals surface area contributed by atoms with E-state index in [2.05, 4.69) is 0 Å². The second kappa shape index (κ2) is 6.29. The van der Waals surface area contributed by atoms with Crippen molar-refractivity contribution in [2.75, 3.05) is 14.2 Å². The molecular weight excluding hydrogens is 297 g/mol. The first-order valence-electron chi connectivity index (χ1n) is 6.87. The van der Waals surface area contributed by atoms with Gasteiger partial charge in [0.2, 0.25) is 10.0 Å². The van der Waals surface area contributed by atoms with Gasteiger partial charge >= 0.3 is 0 Å². The van der Waals surface area contributed by atoms with Crippen LogP contribution >= 0.6 is 0 Å². The summed E-state index contributed by atoms with van der Waals surface area (Å²) in [7, 11) is -1.10. The van der Waals surface area contributed by atoms with Gasteiger partial charge in [0.25, 0.3) is 0 Å². The van der Waals surface area contributed by atoms with Crippen LogP contribution in [0, 0.1) is 5.82 Å². The summed E-state index contributed by atoms with van der Waals surface area (Å²) in [5.41, 5.74) is 0. The van der Waals surface area contributed by atoms with Crippen LogP contribution in [0.3, 0.4) is 0 Å². The van der Waals surface area contributed by atoms with Crippen LogP contribution in [0.1, 0.15) is 25.7 Å². The molecule has 1 aliphatic rings. The van der Waals surface area contributed by atoms with Crippen LogP contribution in [0.15, 0.2) is 23.1 Å². The van der Waals surface area contributed by atoms with Crippen molar-refractivity contribution in [3.63, 3.8) is 0 Å². The molecule has 7 heteroatoms. The number of nitrogens with zero attached hydrogens (tertiary/aromatic N) is 1. The van der Waals surface area contributed by atoms with Gasteiger partial charge in [-0.3, -0.25) is 0 Å². The lowest BCUT2D eigenvalue weighted by atomic mass is 9.93. The second-order valence-electron chi connectivity index (χ2n) is 5.24. The van der Waals surface area contributed by atoms with Gasteiger partial charge in [-0.15, -0.1) is 0 Å². The maximum Gasteiger partial charge on any atom is 0.243 e. The van der Waals surface area contributed by atoms with Crippen LogP contribution in [-0.2, 0) is 10.0 Å². The van der Waals surface area contributed by atoms with Crippen LogP contribution in [0.4, 0.5) is 4.39 Å². The predicted molar refractivity (Wildman–Crippen MR) is 76.2 cm³/mol. The van der Waals surface area contributed by atoms with E-state index in [1.165, 1.54) is 26.3 Å². The number of halogens is 1. The number of benzene rings is 1. The quantitative estimate of drug-likeness (QED) is 0.919. The minimum atomic E-state index is -3.84. The fourth-order valence-corrected chi connectivity index (χ4v) is 4.10. The van der Waals surface area contributed by atoms with Gasteiger partial charge in [0.15, 0.2) is 11.6 Å². The first kappa shape index (κ1) is 16.2. The largest absolute Gasteiger partial charge is 0.494 e. The van der Waals surface area contributed by atoms with Crippen molar-refractivity contribution in [1.82, 2.24) is 4.31 Å². The van der Waals surface area contributed by atoms with E-state index in [0.717, 1.165) is 23.2 Å². The van der Waals surface area contributed by atoms with Gasteiger partial charge in [0.1, 0.15) is 0 Å². The molecule has 21 heavy (non-hydrogen) atoms. The lowest BCUT2D eigenvalue weighted by Gasteiger charge is -2.34. The molecule has 0 amide bonds. The van der Waals surface area contributed by atoms with Gasteiger partial charge in [-0.1, -0.05) is 12.8 Å². The van der Waals surface area contributed by atoms with E-state index in [1.54, 1.807) is 0 Å². The molecule has 1 N–H and O–H groups in total. The highest BCUT2D eigenvalue weighted by atomic mass is 32.2. The molecule has 0 bridgehead atoms. The number of ether oxygens (including phenoxy) is 1. The number of aliphatic hydroxyl groups is 1. The van der Waals surface area contributed by atoms with Crippen LogP contribution in [0.25, 0.3) is 0 Å². The Balaban J connectivity index is 2.30. The molecule has 0 spiro atoms. The Kier molecular flexibility index (Phi) is 4.85. The minimum Gasteiger partial charge on any atom is -0.494 e. The van der Waals surface area contributed by atoms with E-state index >= 15 is 0 Å². The summed E-state index contributed by atoms with van der Waals surface area (Å²) in [6.45, 7) is 0. The molecule has 1 aromatic carbocycles. The molecule has 1 saturated carbocycles. The van der Waals surface area contributed by atoms with Crippen molar-refractivity contribution in [1.29, 1.82) is 0 Å².